The Kier molecular flexibility index (Phi) is 13.1. The molecule has 2 aromatic rings. The molecule has 0 aliphatic heterocycles. The zero-order chi connectivity index (χ0) is 28.9. The largest absolute Gasteiger partial charge is 0.390 e. The first kappa shape index (κ1) is 32.0. The maximum atomic E-state index is 13.5. The lowest BCUT2D eigenvalue weighted by atomic mass is 9.98. The molecule has 0 bridgehead atoms. The molecule has 8 heteroatoms. The zero-order valence-electron chi connectivity index (χ0n) is 24.1. The molecule has 0 saturated carbocycles. The number of nitrogens with zero attached hydrogens (tertiary/aromatic N) is 1. The van der Waals surface area contributed by atoms with Gasteiger partial charge in [0.25, 0.3) is 11.8 Å². The van der Waals surface area contributed by atoms with E-state index in [-0.39, 0.29) is 22.6 Å². The van der Waals surface area contributed by atoms with Gasteiger partial charge in [-0.25, -0.2) is 0 Å². The van der Waals surface area contributed by atoms with Gasteiger partial charge in [-0.15, -0.1) is 0 Å². The summed E-state index contributed by atoms with van der Waals surface area (Å²) in [6, 6.07) is 11.7. The van der Waals surface area contributed by atoms with Gasteiger partial charge in [-0.05, 0) is 68.8 Å². The minimum absolute atomic E-state index is 0.0879. The van der Waals surface area contributed by atoms with Crippen molar-refractivity contribution in [1.29, 1.82) is 0 Å². The van der Waals surface area contributed by atoms with E-state index < -0.39 is 24.0 Å². The zero-order valence-corrected chi connectivity index (χ0v) is 24.1. The van der Waals surface area contributed by atoms with Gasteiger partial charge in [-0.2, -0.15) is 0 Å². The minimum atomic E-state index is -0.854. The second kappa shape index (κ2) is 16.0. The van der Waals surface area contributed by atoms with Crippen LogP contribution in [0, 0.1) is 12.8 Å². The van der Waals surface area contributed by atoms with Crippen LogP contribution < -0.4 is 16.4 Å². The number of carbonyl (C=O) groups excluding carboxylic acids is 3. The molecule has 0 spiro atoms. The van der Waals surface area contributed by atoms with E-state index in [0.29, 0.717) is 32.0 Å². The molecule has 0 radical (unpaired) electrons. The van der Waals surface area contributed by atoms with E-state index in [4.69, 9.17) is 5.73 Å². The van der Waals surface area contributed by atoms with Crippen molar-refractivity contribution in [2.75, 3.05) is 26.2 Å². The Morgan fingerprint density at radius 2 is 1.54 bits per heavy atom. The van der Waals surface area contributed by atoms with E-state index in [0.717, 1.165) is 36.9 Å². The van der Waals surface area contributed by atoms with E-state index in [1.54, 1.807) is 4.90 Å². The van der Waals surface area contributed by atoms with Crippen molar-refractivity contribution in [2.24, 2.45) is 11.7 Å². The van der Waals surface area contributed by atoms with E-state index >= 15 is 0 Å². The van der Waals surface area contributed by atoms with Gasteiger partial charge in [0.1, 0.15) is 0 Å². The third-order valence-electron chi connectivity index (χ3n) is 6.61. The molecule has 0 aromatic heterocycles. The third kappa shape index (κ3) is 10.5. The molecule has 0 aliphatic carbocycles. The van der Waals surface area contributed by atoms with Crippen molar-refractivity contribution in [2.45, 2.75) is 72.4 Å². The summed E-state index contributed by atoms with van der Waals surface area (Å²) in [5.41, 5.74) is 8.13. The molecule has 0 heterocycles. The number of hydrogen-bond acceptors (Lipinski definition) is 5. The molecule has 0 saturated heterocycles. The third-order valence-corrected chi connectivity index (χ3v) is 6.61. The average molecular weight is 539 g/mol. The fourth-order valence-corrected chi connectivity index (χ4v) is 4.36. The first-order valence-corrected chi connectivity index (χ1v) is 14.0. The maximum absolute atomic E-state index is 13.5. The summed E-state index contributed by atoms with van der Waals surface area (Å²) in [7, 11) is 0. The average Bonchev–Trinajstić information content (AvgIpc) is 2.90. The van der Waals surface area contributed by atoms with Gasteiger partial charge in [0.15, 0.2) is 0 Å². The number of primary amides is 1. The summed E-state index contributed by atoms with van der Waals surface area (Å²) in [6.07, 6.45) is 2.12. The Labute approximate surface area is 233 Å². The number of aliphatic hydroxyl groups is 1. The second-order valence-electron chi connectivity index (χ2n) is 10.7. The second-order valence-corrected chi connectivity index (χ2v) is 10.7. The lowest BCUT2D eigenvalue weighted by Crippen LogP contribution is -2.49. The maximum Gasteiger partial charge on any atom is 0.253 e. The van der Waals surface area contributed by atoms with Crippen molar-refractivity contribution >= 4 is 17.7 Å². The molecule has 0 unspecified atom stereocenters. The number of aryl methyl sites for hydroxylation is 1. The van der Waals surface area contributed by atoms with Crippen molar-refractivity contribution in [3.05, 3.63) is 70.3 Å². The number of benzene rings is 2. The van der Waals surface area contributed by atoms with Crippen molar-refractivity contribution in [3.63, 3.8) is 0 Å². The van der Waals surface area contributed by atoms with Crippen molar-refractivity contribution in [1.82, 2.24) is 15.5 Å². The first-order chi connectivity index (χ1) is 18.5. The van der Waals surface area contributed by atoms with Crippen LogP contribution in [0.4, 0.5) is 0 Å². The molecule has 8 nitrogen and oxygen atoms in total. The van der Waals surface area contributed by atoms with Gasteiger partial charge in [-0.1, -0.05) is 57.5 Å². The summed E-state index contributed by atoms with van der Waals surface area (Å²) >= 11 is 0. The summed E-state index contributed by atoms with van der Waals surface area (Å²) < 4.78 is 0. The molecule has 2 atom stereocenters. The number of aliphatic hydroxyl groups excluding tert-OH is 1. The van der Waals surface area contributed by atoms with Crippen LogP contribution in [0.5, 0.6) is 0 Å². The fraction of sp³-hybridized carbons (Fsp3) is 0.516. The van der Waals surface area contributed by atoms with Crippen LogP contribution in [-0.2, 0) is 6.42 Å². The number of nitrogens with one attached hydrogen (secondary N) is 2. The van der Waals surface area contributed by atoms with Crippen LogP contribution in [0.3, 0.4) is 0 Å². The van der Waals surface area contributed by atoms with Crippen LogP contribution in [0.1, 0.15) is 89.2 Å². The molecule has 0 fully saturated rings. The van der Waals surface area contributed by atoms with Gasteiger partial charge in [-0.3, -0.25) is 14.4 Å². The highest BCUT2D eigenvalue weighted by atomic mass is 16.3. The van der Waals surface area contributed by atoms with Gasteiger partial charge >= 0.3 is 0 Å². The number of amides is 3. The van der Waals surface area contributed by atoms with Gasteiger partial charge in [0.2, 0.25) is 5.91 Å². The van der Waals surface area contributed by atoms with Gasteiger partial charge < -0.3 is 26.4 Å². The SMILES string of the molecule is CCCN(CCC)C(=O)c1cc(C(N)=O)cc(C(=O)N[C@@H](Cc2ccc(C)cc2)[C@H](O)CNCCC(C)C)c1. The van der Waals surface area contributed by atoms with Gasteiger partial charge in [0, 0.05) is 36.3 Å². The Balaban J connectivity index is 2.32. The lowest BCUT2D eigenvalue weighted by Gasteiger charge is -2.25. The summed E-state index contributed by atoms with van der Waals surface area (Å²) in [5, 5.41) is 17.3. The smallest absolute Gasteiger partial charge is 0.253 e. The highest BCUT2D eigenvalue weighted by Crippen LogP contribution is 2.16. The summed E-state index contributed by atoms with van der Waals surface area (Å²) in [5.74, 6) is -0.913. The summed E-state index contributed by atoms with van der Waals surface area (Å²) in [4.78, 5) is 40.5. The lowest BCUT2D eigenvalue weighted by molar-refractivity contribution is 0.0755. The monoisotopic (exact) mass is 538 g/mol. The van der Waals surface area contributed by atoms with Crippen LogP contribution in [-0.4, -0.2) is 66.1 Å². The predicted octanol–water partition coefficient (Wildman–Crippen LogP) is 3.69. The Morgan fingerprint density at radius 3 is 2.10 bits per heavy atom. The fourth-order valence-electron chi connectivity index (χ4n) is 4.36. The van der Waals surface area contributed by atoms with Crippen LogP contribution in [0.2, 0.25) is 0 Å². The van der Waals surface area contributed by atoms with Crippen molar-refractivity contribution < 1.29 is 19.5 Å². The molecule has 2 rings (SSSR count). The molecule has 3 amide bonds. The Hall–Kier alpha value is -3.23. The molecule has 214 valence electrons. The van der Waals surface area contributed by atoms with Crippen molar-refractivity contribution in [3.8, 4) is 0 Å². The van der Waals surface area contributed by atoms with Crippen LogP contribution >= 0.6 is 0 Å². The quantitative estimate of drug-likeness (QED) is 0.243. The standard InChI is InChI=1S/C31H46N4O4/c1-6-14-35(15-7-2)31(39)26-18-24(29(32)37)17-25(19-26)30(38)34-27(16-23-10-8-22(5)9-11-23)28(36)20-33-13-12-21(3)4/h8-11,17-19,21,27-28,33,36H,6-7,12-16,20H2,1-5H3,(H2,32,37)(H,34,38)/t27-,28+/m0/s1. The number of rotatable bonds is 16. The molecule has 2 aromatic carbocycles. The molecule has 5 N–H and O–H groups in total. The number of nitrogens with two attached hydrogens (primary N) is 1. The normalized spacial score (nSPS) is 12.7. The van der Waals surface area contributed by atoms with E-state index in [2.05, 4.69) is 24.5 Å². The minimum Gasteiger partial charge on any atom is -0.390 e. The highest BCUT2D eigenvalue weighted by molar-refractivity contribution is 6.04. The summed E-state index contributed by atoms with van der Waals surface area (Å²) in [6.45, 7) is 12.5. The predicted molar refractivity (Wildman–Crippen MR) is 156 cm³/mol. The molecular formula is C31H46N4O4. The van der Waals surface area contributed by atoms with Crippen LogP contribution in [0.15, 0.2) is 42.5 Å². The van der Waals surface area contributed by atoms with E-state index in [1.165, 1.54) is 18.2 Å². The number of hydrogen-bond donors (Lipinski definition) is 4. The van der Waals surface area contributed by atoms with E-state index in [9.17, 15) is 19.5 Å². The van der Waals surface area contributed by atoms with Gasteiger partial charge in [0.05, 0.1) is 12.1 Å². The number of carbonyl (C=O) groups is 3. The highest BCUT2D eigenvalue weighted by Gasteiger charge is 2.24. The topological polar surface area (TPSA) is 125 Å². The molecule has 0 aliphatic rings. The Morgan fingerprint density at radius 1 is 0.949 bits per heavy atom. The first-order valence-electron chi connectivity index (χ1n) is 14.0. The van der Waals surface area contributed by atoms with E-state index in [1.807, 2.05) is 45.0 Å². The molecule has 39 heavy (non-hydrogen) atoms. The molecular weight excluding hydrogens is 492 g/mol. The van der Waals surface area contributed by atoms with Crippen LogP contribution in [0.25, 0.3) is 0 Å². The Bertz CT molecular complexity index is 1080.